The Kier molecular flexibility index (Phi) is 3.16. The molecule has 0 rings (SSSR count). The van der Waals surface area contributed by atoms with E-state index in [9.17, 15) is 0 Å². The van der Waals surface area contributed by atoms with Gasteiger partial charge in [-0.15, -0.1) is 0 Å². The normalized spacial score (nSPS) is 12.9. The monoisotopic (exact) mass is 147 g/mol. The van der Waals surface area contributed by atoms with Crippen LogP contribution in [0.25, 0.3) is 0 Å². The number of nitriles is 1. The van der Waals surface area contributed by atoms with Gasteiger partial charge in [-0.05, 0) is 0 Å². The molecule has 0 aliphatic heterocycles. The molecule has 0 radical (unpaired) electrons. The van der Waals surface area contributed by atoms with Crippen LogP contribution in [-0.4, -0.2) is 21.3 Å². The number of nitrogens with zero attached hydrogens (tertiary/aromatic N) is 3. The van der Waals surface area contributed by atoms with Crippen molar-refractivity contribution in [3.63, 3.8) is 0 Å². The Hall–Kier alpha value is -1.28. The van der Waals surface area contributed by atoms with Gasteiger partial charge in [-0.3, -0.25) is 0 Å². The molecule has 0 aliphatic rings. The molecule has 0 heterocycles. The molecule has 9 heavy (non-hydrogen) atoms. The van der Waals surface area contributed by atoms with Gasteiger partial charge in [0.1, 0.15) is 6.07 Å². The molecule has 0 bridgehead atoms. The van der Waals surface area contributed by atoms with Gasteiger partial charge in [0, 0.05) is 0 Å². The van der Waals surface area contributed by atoms with E-state index in [0.717, 1.165) is 0 Å². The van der Waals surface area contributed by atoms with Crippen LogP contribution in [0.1, 0.15) is 0 Å². The van der Waals surface area contributed by atoms with E-state index in [1.165, 1.54) is 6.07 Å². The summed E-state index contributed by atoms with van der Waals surface area (Å²) in [6.07, 6.45) is 0. The maximum Gasteiger partial charge on any atom is 0.220 e. The smallest absolute Gasteiger partial charge is 0.220 e. The fourth-order valence-electron chi connectivity index (χ4n) is 0.157. The van der Waals surface area contributed by atoms with Gasteiger partial charge >= 0.3 is 0 Å². The van der Waals surface area contributed by atoms with E-state index in [-0.39, 0.29) is 0 Å². The van der Waals surface area contributed by atoms with Crippen LogP contribution >= 0.6 is 11.6 Å². The Labute approximate surface area is 55.5 Å². The van der Waals surface area contributed by atoms with E-state index in [4.69, 9.17) is 27.3 Å². The van der Waals surface area contributed by atoms with Crippen LogP contribution in [0.2, 0.25) is 0 Å². The van der Waals surface area contributed by atoms with Crippen molar-refractivity contribution >= 4 is 22.5 Å². The van der Waals surface area contributed by atoms with E-state index in [0.29, 0.717) is 0 Å². The zero-order valence-corrected chi connectivity index (χ0v) is 4.87. The minimum Gasteiger partial charge on any atom is -0.410 e. The van der Waals surface area contributed by atoms with Crippen LogP contribution in [0.5, 0.6) is 0 Å². The fourth-order valence-corrected chi connectivity index (χ4v) is 0.237. The number of halogens is 1. The molecule has 2 N–H and O–H groups in total. The van der Waals surface area contributed by atoms with Gasteiger partial charge in [-0.2, -0.15) is 5.26 Å². The number of hydrogen-bond donors (Lipinski definition) is 2. The summed E-state index contributed by atoms with van der Waals surface area (Å²) < 4.78 is 0. The van der Waals surface area contributed by atoms with Crippen LogP contribution in [0.3, 0.4) is 0 Å². The zero-order valence-electron chi connectivity index (χ0n) is 4.11. The van der Waals surface area contributed by atoms with E-state index < -0.39 is 10.9 Å². The summed E-state index contributed by atoms with van der Waals surface area (Å²) in [5, 5.41) is 28.1. The molecule has 48 valence electrons. The average Bonchev–Trinajstić information content (AvgIpc) is 1.90. The highest BCUT2D eigenvalue weighted by molar-refractivity contribution is 6.85. The molecule has 0 saturated heterocycles. The van der Waals surface area contributed by atoms with Gasteiger partial charge in [0.15, 0.2) is 0 Å². The molecule has 0 aromatic heterocycles. The summed E-state index contributed by atoms with van der Waals surface area (Å²) in [5.74, 6) is 0. The van der Waals surface area contributed by atoms with Crippen molar-refractivity contribution in [3.05, 3.63) is 0 Å². The summed E-state index contributed by atoms with van der Waals surface area (Å²) >= 11 is 5.02. The van der Waals surface area contributed by atoms with E-state index >= 15 is 0 Å². The third kappa shape index (κ3) is 1.97. The standard InChI is InChI=1S/C3H2ClN3O2/c4-3(7-9)2(1-5)6-8/h8-9H/b6-2-,7-3-. The second-order valence-electron chi connectivity index (χ2n) is 0.951. The first-order valence-electron chi connectivity index (χ1n) is 1.76. The molecule has 5 nitrogen and oxygen atoms in total. The van der Waals surface area contributed by atoms with Gasteiger partial charge in [-0.25, -0.2) is 0 Å². The molecule has 0 fully saturated rings. The van der Waals surface area contributed by atoms with Gasteiger partial charge < -0.3 is 10.4 Å². The predicted molar refractivity (Wildman–Crippen MR) is 29.9 cm³/mol. The fraction of sp³-hybridized carbons (Fsp3) is 0. The largest absolute Gasteiger partial charge is 0.410 e. The van der Waals surface area contributed by atoms with Crippen molar-refractivity contribution < 1.29 is 10.4 Å². The number of rotatable bonds is 1. The highest BCUT2D eigenvalue weighted by Gasteiger charge is 2.04. The van der Waals surface area contributed by atoms with Gasteiger partial charge in [0.2, 0.25) is 10.9 Å². The van der Waals surface area contributed by atoms with Gasteiger partial charge in [0.05, 0.1) is 0 Å². The highest BCUT2D eigenvalue weighted by atomic mass is 35.5. The van der Waals surface area contributed by atoms with Crippen LogP contribution < -0.4 is 0 Å². The third-order valence-electron chi connectivity index (χ3n) is 0.489. The summed E-state index contributed by atoms with van der Waals surface area (Å²) in [6.45, 7) is 0. The van der Waals surface area contributed by atoms with E-state index in [1.807, 2.05) is 0 Å². The highest BCUT2D eigenvalue weighted by Crippen LogP contribution is 1.87. The molecular weight excluding hydrogens is 146 g/mol. The Morgan fingerprint density at radius 3 is 2.11 bits per heavy atom. The van der Waals surface area contributed by atoms with Crippen molar-refractivity contribution in [2.75, 3.05) is 0 Å². The molecular formula is C3H2ClN3O2. The number of hydrogen-bond acceptors (Lipinski definition) is 5. The second-order valence-corrected chi connectivity index (χ2v) is 1.31. The molecule has 0 aliphatic carbocycles. The molecule has 6 heteroatoms. The van der Waals surface area contributed by atoms with Crippen LogP contribution in [0, 0.1) is 11.3 Å². The molecule has 0 atom stereocenters. The quantitative estimate of drug-likeness (QED) is 0.319. The topological polar surface area (TPSA) is 89.0 Å². The lowest BCUT2D eigenvalue weighted by Crippen LogP contribution is -2.03. The number of oxime groups is 2. The van der Waals surface area contributed by atoms with Gasteiger partial charge in [0.25, 0.3) is 0 Å². The van der Waals surface area contributed by atoms with Crippen LogP contribution in [-0.2, 0) is 0 Å². The summed E-state index contributed by atoms with van der Waals surface area (Å²) in [7, 11) is 0. The first-order chi connectivity index (χ1) is 4.26. The van der Waals surface area contributed by atoms with Gasteiger partial charge in [-0.1, -0.05) is 21.9 Å². The molecule has 0 unspecified atom stereocenters. The van der Waals surface area contributed by atoms with Crippen molar-refractivity contribution in [3.8, 4) is 6.07 Å². The Bertz CT molecular complexity index is 192. The molecule has 0 saturated carbocycles. The zero-order chi connectivity index (χ0) is 7.28. The van der Waals surface area contributed by atoms with Crippen molar-refractivity contribution in [2.24, 2.45) is 10.3 Å². The lowest BCUT2D eigenvalue weighted by molar-refractivity contribution is 0.315. The second kappa shape index (κ2) is 3.69. The molecule has 0 aromatic carbocycles. The third-order valence-corrected chi connectivity index (χ3v) is 0.744. The minimum absolute atomic E-state index is 0.529. The lowest BCUT2D eigenvalue weighted by Gasteiger charge is -1.83. The summed E-state index contributed by atoms with van der Waals surface area (Å²) in [5.41, 5.74) is -0.529. The lowest BCUT2D eigenvalue weighted by atomic mass is 10.5. The molecule has 0 amide bonds. The summed E-state index contributed by atoms with van der Waals surface area (Å²) in [6, 6.07) is 1.38. The van der Waals surface area contributed by atoms with Crippen molar-refractivity contribution in [1.82, 2.24) is 0 Å². The van der Waals surface area contributed by atoms with Crippen LogP contribution in [0.4, 0.5) is 0 Å². The van der Waals surface area contributed by atoms with E-state index in [1.54, 1.807) is 0 Å². The van der Waals surface area contributed by atoms with Crippen molar-refractivity contribution in [2.45, 2.75) is 0 Å². The average molecular weight is 148 g/mol. The maximum atomic E-state index is 8.01. The van der Waals surface area contributed by atoms with Crippen molar-refractivity contribution in [1.29, 1.82) is 5.26 Å². The predicted octanol–water partition coefficient (Wildman–Crippen LogP) is 0.367. The molecule has 0 spiro atoms. The first kappa shape index (κ1) is 7.72. The van der Waals surface area contributed by atoms with Crippen LogP contribution in [0.15, 0.2) is 10.3 Å². The Morgan fingerprint density at radius 1 is 1.44 bits per heavy atom. The summed E-state index contributed by atoms with van der Waals surface area (Å²) in [4.78, 5) is 0. The SMILES string of the molecule is N#CC(=N/O)/C(Cl)=N/O. The minimum atomic E-state index is -0.542. The molecule has 0 aromatic rings. The Morgan fingerprint density at radius 2 is 2.00 bits per heavy atom. The first-order valence-corrected chi connectivity index (χ1v) is 2.14. The Balaban J connectivity index is 4.39. The maximum absolute atomic E-state index is 8.01. The van der Waals surface area contributed by atoms with E-state index in [2.05, 4.69) is 10.3 Å².